The molecule has 0 heterocycles. The number of allylic oxidation sites excluding steroid dienone is 1. The molecule has 0 fully saturated rings. The van der Waals surface area contributed by atoms with E-state index in [-0.39, 0.29) is 5.78 Å². The van der Waals surface area contributed by atoms with E-state index in [0.29, 0.717) is 11.1 Å². The van der Waals surface area contributed by atoms with Crippen LogP contribution >= 0.6 is 0 Å². The number of nitriles is 1. The van der Waals surface area contributed by atoms with Crippen LogP contribution in [0.3, 0.4) is 0 Å². The van der Waals surface area contributed by atoms with Crippen molar-refractivity contribution in [3.63, 3.8) is 0 Å². The fourth-order valence-corrected chi connectivity index (χ4v) is 1.76. The number of hydrogen-bond acceptors (Lipinski definition) is 3. The maximum atomic E-state index is 12.3. The number of carbonyl (C=O) groups is 1. The van der Waals surface area contributed by atoms with E-state index in [1.54, 1.807) is 18.3 Å². The van der Waals surface area contributed by atoms with Gasteiger partial charge < -0.3 is 5.32 Å². The van der Waals surface area contributed by atoms with Crippen molar-refractivity contribution in [2.45, 2.75) is 6.92 Å². The number of hydrogen-bond donors (Lipinski definition) is 1. The number of rotatable bonds is 4. The van der Waals surface area contributed by atoms with Gasteiger partial charge in [0, 0.05) is 29.1 Å². The summed E-state index contributed by atoms with van der Waals surface area (Å²) in [5.41, 5.74) is 3.28. The van der Waals surface area contributed by atoms with Crippen LogP contribution < -0.4 is 5.32 Å². The van der Waals surface area contributed by atoms with Crippen molar-refractivity contribution in [1.82, 2.24) is 0 Å². The number of benzene rings is 2. The van der Waals surface area contributed by atoms with E-state index >= 15 is 0 Å². The van der Waals surface area contributed by atoms with E-state index in [9.17, 15) is 4.79 Å². The van der Waals surface area contributed by atoms with Crippen LogP contribution in [0.2, 0.25) is 0 Å². The quantitative estimate of drug-likeness (QED) is 0.675. The Bertz CT molecular complexity index is 662. The van der Waals surface area contributed by atoms with Gasteiger partial charge in [-0.2, -0.15) is 5.26 Å². The lowest BCUT2D eigenvalue weighted by molar-refractivity contribution is 0.103. The Balaban J connectivity index is 2.13. The van der Waals surface area contributed by atoms with Gasteiger partial charge in [0.2, 0.25) is 0 Å². The first-order valence-corrected chi connectivity index (χ1v) is 6.23. The summed E-state index contributed by atoms with van der Waals surface area (Å²) < 4.78 is 0. The zero-order valence-electron chi connectivity index (χ0n) is 11.1. The van der Waals surface area contributed by atoms with Gasteiger partial charge in [0.15, 0.2) is 5.78 Å². The van der Waals surface area contributed by atoms with Gasteiger partial charge in [0.05, 0.1) is 6.07 Å². The maximum absolute atomic E-state index is 12.3. The fourth-order valence-electron chi connectivity index (χ4n) is 1.76. The highest BCUT2D eigenvalue weighted by Gasteiger charge is 2.08. The fraction of sp³-hybridized carbons (Fsp3) is 0.0588. The van der Waals surface area contributed by atoms with Crippen LogP contribution in [0.4, 0.5) is 5.69 Å². The first-order chi connectivity index (χ1) is 9.70. The molecule has 98 valence electrons. The number of ketones is 1. The lowest BCUT2D eigenvalue weighted by Gasteiger charge is -2.04. The summed E-state index contributed by atoms with van der Waals surface area (Å²) in [5, 5.41) is 11.3. The van der Waals surface area contributed by atoms with Crippen LogP contribution in [-0.4, -0.2) is 5.78 Å². The van der Waals surface area contributed by atoms with Crippen molar-refractivity contribution in [3.8, 4) is 6.07 Å². The molecule has 2 aromatic carbocycles. The summed E-state index contributed by atoms with van der Waals surface area (Å²) in [4.78, 5) is 12.3. The third-order valence-electron chi connectivity index (χ3n) is 2.87. The minimum atomic E-state index is 0.00381. The largest absolute Gasteiger partial charge is 0.361 e. The Labute approximate surface area is 118 Å². The molecule has 0 radical (unpaired) electrons. The Kier molecular flexibility index (Phi) is 4.31. The Morgan fingerprint density at radius 1 is 1.05 bits per heavy atom. The predicted molar refractivity (Wildman–Crippen MR) is 79.4 cm³/mol. The molecule has 0 atom stereocenters. The molecule has 2 rings (SSSR count). The lowest BCUT2D eigenvalue weighted by atomic mass is 10.0. The van der Waals surface area contributed by atoms with E-state index in [0.717, 1.165) is 11.3 Å². The second kappa shape index (κ2) is 6.35. The minimum Gasteiger partial charge on any atom is -0.361 e. The zero-order chi connectivity index (χ0) is 14.4. The first-order valence-electron chi connectivity index (χ1n) is 6.23. The molecule has 3 nitrogen and oxygen atoms in total. The second-order valence-electron chi connectivity index (χ2n) is 4.38. The summed E-state index contributed by atoms with van der Waals surface area (Å²) in [7, 11) is 0. The van der Waals surface area contributed by atoms with Crippen molar-refractivity contribution in [3.05, 3.63) is 77.5 Å². The average molecular weight is 262 g/mol. The number of nitrogens with zero attached hydrogens (tertiary/aromatic N) is 1. The maximum Gasteiger partial charge on any atom is 0.193 e. The third kappa shape index (κ3) is 3.33. The monoisotopic (exact) mass is 262 g/mol. The van der Waals surface area contributed by atoms with Crippen molar-refractivity contribution in [2.24, 2.45) is 0 Å². The smallest absolute Gasteiger partial charge is 0.193 e. The number of aryl methyl sites for hydroxylation is 1. The molecule has 0 aliphatic rings. The van der Waals surface area contributed by atoms with Crippen molar-refractivity contribution in [1.29, 1.82) is 5.26 Å². The molecule has 0 saturated carbocycles. The summed E-state index contributed by atoms with van der Waals surface area (Å²) in [6.07, 6.45) is 2.90. The summed E-state index contributed by atoms with van der Waals surface area (Å²) >= 11 is 0. The lowest BCUT2D eigenvalue weighted by Crippen LogP contribution is -2.01. The van der Waals surface area contributed by atoms with Crippen LogP contribution in [0.15, 0.2) is 60.8 Å². The van der Waals surface area contributed by atoms with Gasteiger partial charge >= 0.3 is 0 Å². The molecule has 2 aromatic rings. The molecular formula is C17H14N2O. The molecule has 3 heteroatoms. The number of nitrogens with one attached hydrogen (secondary N) is 1. The van der Waals surface area contributed by atoms with Crippen molar-refractivity contribution >= 4 is 11.5 Å². The van der Waals surface area contributed by atoms with E-state index in [4.69, 9.17) is 5.26 Å². The molecule has 0 amide bonds. The standard InChI is InChI=1S/C17H14N2O/c1-13-3-5-14(6-4-13)17(20)15-7-9-16(10-8-15)19-12-2-11-18/h2-10,12,19H,1H3. The molecule has 0 aliphatic carbocycles. The first kappa shape index (κ1) is 13.6. The molecule has 0 aromatic heterocycles. The molecule has 20 heavy (non-hydrogen) atoms. The normalized spacial score (nSPS) is 10.2. The van der Waals surface area contributed by atoms with Crippen LogP contribution in [0, 0.1) is 18.3 Å². The van der Waals surface area contributed by atoms with Crippen LogP contribution in [0.5, 0.6) is 0 Å². The van der Waals surface area contributed by atoms with Gasteiger partial charge in [-0.25, -0.2) is 0 Å². The number of carbonyl (C=O) groups excluding carboxylic acids is 1. The van der Waals surface area contributed by atoms with E-state index < -0.39 is 0 Å². The minimum absolute atomic E-state index is 0.00381. The molecule has 0 unspecified atom stereocenters. The Morgan fingerprint density at radius 2 is 1.60 bits per heavy atom. The van der Waals surface area contributed by atoms with Gasteiger partial charge in [-0.3, -0.25) is 4.79 Å². The SMILES string of the molecule is Cc1ccc(C(=O)c2ccc(NC=CC#N)cc2)cc1. The molecule has 1 N–H and O–H groups in total. The predicted octanol–water partition coefficient (Wildman–Crippen LogP) is 3.68. The van der Waals surface area contributed by atoms with Crippen LogP contribution in [0.25, 0.3) is 0 Å². The second-order valence-corrected chi connectivity index (χ2v) is 4.38. The molecule has 0 saturated heterocycles. The molecular weight excluding hydrogens is 248 g/mol. The highest BCUT2D eigenvalue weighted by Crippen LogP contribution is 2.14. The van der Waals surface area contributed by atoms with Crippen LogP contribution in [0.1, 0.15) is 21.5 Å². The van der Waals surface area contributed by atoms with Crippen LogP contribution in [-0.2, 0) is 0 Å². The topological polar surface area (TPSA) is 52.9 Å². The molecule has 0 spiro atoms. The highest BCUT2D eigenvalue weighted by molar-refractivity contribution is 6.09. The van der Waals surface area contributed by atoms with Gasteiger partial charge in [-0.15, -0.1) is 0 Å². The van der Waals surface area contributed by atoms with Gasteiger partial charge in [-0.05, 0) is 31.2 Å². The van der Waals surface area contributed by atoms with Gasteiger partial charge in [-0.1, -0.05) is 29.8 Å². The van der Waals surface area contributed by atoms with E-state index in [2.05, 4.69) is 5.32 Å². The van der Waals surface area contributed by atoms with Gasteiger partial charge in [0.25, 0.3) is 0 Å². The summed E-state index contributed by atoms with van der Waals surface area (Å²) in [5.74, 6) is 0.00381. The van der Waals surface area contributed by atoms with Gasteiger partial charge in [0.1, 0.15) is 0 Å². The zero-order valence-corrected chi connectivity index (χ0v) is 11.1. The van der Waals surface area contributed by atoms with E-state index in [1.807, 2.05) is 49.4 Å². The Morgan fingerprint density at radius 3 is 2.15 bits per heavy atom. The third-order valence-corrected chi connectivity index (χ3v) is 2.87. The molecule has 0 aliphatic heterocycles. The summed E-state index contributed by atoms with van der Waals surface area (Å²) in [6, 6.07) is 16.6. The Hall–Kier alpha value is -2.86. The van der Waals surface area contributed by atoms with E-state index in [1.165, 1.54) is 6.08 Å². The number of anilines is 1. The average Bonchev–Trinajstić information content (AvgIpc) is 2.48. The van der Waals surface area contributed by atoms with Crippen molar-refractivity contribution < 1.29 is 4.79 Å². The highest BCUT2D eigenvalue weighted by atomic mass is 16.1. The van der Waals surface area contributed by atoms with Crippen molar-refractivity contribution in [2.75, 3.05) is 5.32 Å². The molecule has 0 bridgehead atoms. The summed E-state index contributed by atoms with van der Waals surface area (Å²) in [6.45, 7) is 1.99.